The summed E-state index contributed by atoms with van der Waals surface area (Å²) in [6.07, 6.45) is 0. The van der Waals surface area contributed by atoms with E-state index in [-0.39, 0.29) is 22.9 Å². The Hall–Kier alpha value is -0.480. The van der Waals surface area contributed by atoms with Crippen molar-refractivity contribution in [3.05, 3.63) is 23.1 Å². The highest BCUT2D eigenvalue weighted by Gasteiger charge is 2.20. The molecule has 1 rings (SSSR count). The third-order valence-corrected chi connectivity index (χ3v) is 2.55. The van der Waals surface area contributed by atoms with Gasteiger partial charge in [0.15, 0.2) is 11.0 Å². The number of halogens is 2. The normalized spacial score (nSPS) is 10.7. The maximum absolute atomic E-state index is 11.9. The fraction of sp³-hybridized carbons (Fsp3) is 0.500. The molecule has 0 fully saturated rings. The van der Waals surface area contributed by atoms with E-state index >= 15 is 0 Å². The van der Waals surface area contributed by atoms with Gasteiger partial charge in [-0.05, 0) is 37.6 Å². The van der Waals surface area contributed by atoms with E-state index in [9.17, 15) is 4.79 Å². The zero-order chi connectivity index (χ0) is 11.4. The number of nitrogens with zero attached hydrogens (tertiary/aromatic N) is 1. The van der Waals surface area contributed by atoms with Gasteiger partial charge in [-0.15, -0.1) is 0 Å². The molecule has 1 aromatic rings. The van der Waals surface area contributed by atoms with Gasteiger partial charge in [-0.25, -0.2) is 0 Å². The summed E-state index contributed by atoms with van der Waals surface area (Å²) in [7, 11) is 0. The van der Waals surface area contributed by atoms with Crippen molar-refractivity contribution in [1.29, 1.82) is 0 Å². The minimum Gasteiger partial charge on any atom is -0.440 e. The molecule has 0 spiro atoms. The largest absolute Gasteiger partial charge is 0.440 e. The van der Waals surface area contributed by atoms with Crippen molar-refractivity contribution in [2.24, 2.45) is 0 Å². The molecular weight excluding hydrogens is 281 g/mol. The monoisotopic (exact) mass is 293 g/mol. The van der Waals surface area contributed by atoms with Gasteiger partial charge >= 0.3 is 0 Å². The molecule has 0 bridgehead atoms. The maximum Gasteiger partial charge on any atom is 0.289 e. The molecule has 84 valence electrons. The van der Waals surface area contributed by atoms with Crippen LogP contribution < -0.4 is 0 Å². The topological polar surface area (TPSA) is 33.5 Å². The Kier molecular flexibility index (Phi) is 4.67. The maximum atomic E-state index is 11.9. The Morgan fingerprint density at radius 2 is 2.27 bits per heavy atom. The summed E-state index contributed by atoms with van der Waals surface area (Å²) >= 11 is 8.93. The van der Waals surface area contributed by atoms with Gasteiger partial charge in [0.1, 0.15) is 0 Å². The standard InChI is InChI=1S/C10H13BrClNO2/c1-7(2)13(6-5-11)10(14)8-3-4-9(12)15-8/h3-4,7H,5-6H2,1-2H3. The lowest BCUT2D eigenvalue weighted by atomic mass is 10.3. The van der Waals surface area contributed by atoms with Gasteiger partial charge in [0.05, 0.1) is 0 Å². The second-order valence-electron chi connectivity index (χ2n) is 3.39. The van der Waals surface area contributed by atoms with Crippen LogP contribution in [0, 0.1) is 0 Å². The number of hydrogen-bond acceptors (Lipinski definition) is 2. The molecule has 1 heterocycles. The van der Waals surface area contributed by atoms with Gasteiger partial charge in [0, 0.05) is 17.9 Å². The lowest BCUT2D eigenvalue weighted by Gasteiger charge is -2.24. The molecule has 1 amide bonds. The van der Waals surface area contributed by atoms with E-state index < -0.39 is 0 Å². The smallest absolute Gasteiger partial charge is 0.289 e. The Bertz CT molecular complexity index is 338. The second-order valence-corrected chi connectivity index (χ2v) is 4.55. The predicted molar refractivity (Wildman–Crippen MR) is 63.7 cm³/mol. The van der Waals surface area contributed by atoms with Crippen LogP contribution in [0.3, 0.4) is 0 Å². The first-order valence-corrected chi connectivity index (χ1v) is 6.18. The van der Waals surface area contributed by atoms with E-state index in [0.717, 1.165) is 5.33 Å². The summed E-state index contributed by atoms with van der Waals surface area (Å²) in [5.74, 6) is 0.158. The van der Waals surface area contributed by atoms with Crippen molar-refractivity contribution in [3.8, 4) is 0 Å². The van der Waals surface area contributed by atoms with Crippen LogP contribution in [0.1, 0.15) is 24.4 Å². The molecule has 0 aliphatic carbocycles. The fourth-order valence-corrected chi connectivity index (χ4v) is 1.78. The first-order chi connectivity index (χ1) is 7.06. The van der Waals surface area contributed by atoms with E-state index in [2.05, 4.69) is 15.9 Å². The van der Waals surface area contributed by atoms with Crippen molar-refractivity contribution in [3.63, 3.8) is 0 Å². The first kappa shape index (κ1) is 12.6. The van der Waals surface area contributed by atoms with E-state index in [4.69, 9.17) is 16.0 Å². The number of hydrogen-bond donors (Lipinski definition) is 0. The van der Waals surface area contributed by atoms with Crippen LogP contribution in [-0.2, 0) is 0 Å². The quantitative estimate of drug-likeness (QED) is 0.799. The van der Waals surface area contributed by atoms with Gasteiger partial charge in [0.2, 0.25) is 0 Å². The highest BCUT2D eigenvalue weighted by atomic mass is 79.9. The lowest BCUT2D eigenvalue weighted by molar-refractivity contribution is 0.0687. The molecule has 3 nitrogen and oxygen atoms in total. The van der Waals surface area contributed by atoms with E-state index in [1.54, 1.807) is 17.0 Å². The number of rotatable bonds is 4. The third kappa shape index (κ3) is 3.24. The van der Waals surface area contributed by atoms with Crippen LogP contribution in [0.5, 0.6) is 0 Å². The summed E-state index contributed by atoms with van der Waals surface area (Å²) < 4.78 is 5.08. The van der Waals surface area contributed by atoms with Gasteiger partial charge in [-0.1, -0.05) is 15.9 Å². The average molecular weight is 295 g/mol. The van der Waals surface area contributed by atoms with E-state index in [1.165, 1.54) is 0 Å². The molecule has 0 aliphatic heterocycles. The van der Waals surface area contributed by atoms with Gasteiger partial charge in [0.25, 0.3) is 5.91 Å². The van der Waals surface area contributed by atoms with Crippen molar-refractivity contribution in [2.45, 2.75) is 19.9 Å². The molecule has 0 unspecified atom stereocenters. The molecular formula is C10H13BrClNO2. The fourth-order valence-electron chi connectivity index (χ4n) is 1.26. The highest BCUT2D eigenvalue weighted by Crippen LogP contribution is 2.16. The zero-order valence-electron chi connectivity index (χ0n) is 8.67. The molecule has 0 aliphatic rings. The summed E-state index contributed by atoms with van der Waals surface area (Å²) in [5.41, 5.74) is 0. The SMILES string of the molecule is CC(C)N(CCBr)C(=O)c1ccc(Cl)o1. The Morgan fingerprint density at radius 3 is 2.67 bits per heavy atom. The molecule has 5 heteroatoms. The number of carbonyl (C=O) groups excluding carboxylic acids is 1. The number of amides is 1. The van der Waals surface area contributed by atoms with Crippen molar-refractivity contribution in [1.82, 2.24) is 4.90 Å². The summed E-state index contributed by atoms with van der Waals surface area (Å²) in [6, 6.07) is 3.30. The molecule has 0 radical (unpaired) electrons. The molecule has 15 heavy (non-hydrogen) atoms. The predicted octanol–water partition coefficient (Wildman–Crippen LogP) is 3.18. The highest BCUT2D eigenvalue weighted by molar-refractivity contribution is 9.09. The second kappa shape index (κ2) is 5.56. The molecule has 0 aromatic carbocycles. The summed E-state index contributed by atoms with van der Waals surface area (Å²) in [4.78, 5) is 13.7. The average Bonchev–Trinajstić information content (AvgIpc) is 2.59. The minimum absolute atomic E-state index is 0.128. The molecule has 0 atom stereocenters. The number of alkyl halides is 1. The minimum atomic E-state index is -0.128. The molecule has 0 saturated carbocycles. The number of furan rings is 1. The van der Waals surface area contributed by atoms with Crippen molar-refractivity contribution < 1.29 is 9.21 Å². The van der Waals surface area contributed by atoms with Crippen LogP contribution in [0.25, 0.3) is 0 Å². The van der Waals surface area contributed by atoms with Crippen LogP contribution in [-0.4, -0.2) is 28.7 Å². The molecule has 0 saturated heterocycles. The van der Waals surface area contributed by atoms with Crippen LogP contribution in [0.15, 0.2) is 16.5 Å². The van der Waals surface area contributed by atoms with Crippen LogP contribution in [0.2, 0.25) is 5.22 Å². The lowest BCUT2D eigenvalue weighted by Crippen LogP contribution is -2.38. The zero-order valence-corrected chi connectivity index (χ0v) is 11.0. The van der Waals surface area contributed by atoms with Crippen molar-refractivity contribution in [2.75, 3.05) is 11.9 Å². The first-order valence-electron chi connectivity index (χ1n) is 4.68. The summed E-state index contributed by atoms with van der Waals surface area (Å²) in [6.45, 7) is 4.57. The molecule has 0 N–H and O–H groups in total. The van der Waals surface area contributed by atoms with E-state index in [0.29, 0.717) is 6.54 Å². The van der Waals surface area contributed by atoms with Gasteiger partial charge in [-0.3, -0.25) is 4.79 Å². The van der Waals surface area contributed by atoms with Crippen LogP contribution >= 0.6 is 27.5 Å². The van der Waals surface area contributed by atoms with Gasteiger partial charge < -0.3 is 9.32 Å². The van der Waals surface area contributed by atoms with E-state index in [1.807, 2.05) is 13.8 Å². The Balaban J connectivity index is 2.80. The molecule has 1 aromatic heterocycles. The summed E-state index contributed by atoms with van der Waals surface area (Å²) in [5, 5.41) is 0.978. The third-order valence-electron chi connectivity index (χ3n) is 1.99. The Morgan fingerprint density at radius 1 is 1.60 bits per heavy atom. The Labute approximate surface area is 103 Å². The van der Waals surface area contributed by atoms with Crippen molar-refractivity contribution >= 4 is 33.4 Å². The number of carbonyl (C=O) groups is 1. The van der Waals surface area contributed by atoms with Crippen LogP contribution in [0.4, 0.5) is 0 Å². The van der Waals surface area contributed by atoms with Gasteiger partial charge in [-0.2, -0.15) is 0 Å².